The molecule has 0 bridgehead atoms. The predicted octanol–water partition coefficient (Wildman–Crippen LogP) is 0.532. The second-order valence-electron chi connectivity index (χ2n) is 4.38. The van der Waals surface area contributed by atoms with Gasteiger partial charge in [-0.25, -0.2) is 9.59 Å². The third kappa shape index (κ3) is 4.51. The van der Waals surface area contributed by atoms with Crippen LogP contribution in [0.4, 0.5) is 10.7 Å². The number of esters is 1. The molecule has 23 heavy (non-hydrogen) atoms. The van der Waals surface area contributed by atoms with Gasteiger partial charge in [-0.3, -0.25) is 10.1 Å². The number of hydrogen-bond donors (Lipinski definition) is 0. The summed E-state index contributed by atoms with van der Waals surface area (Å²) < 4.78 is 19.2. The highest BCUT2D eigenvalue weighted by molar-refractivity contribution is 5.78. The van der Waals surface area contributed by atoms with Crippen molar-refractivity contribution in [1.29, 1.82) is 0 Å². The molecule has 11 nitrogen and oxygen atoms in total. The van der Waals surface area contributed by atoms with E-state index >= 15 is 0 Å². The lowest BCUT2D eigenvalue weighted by Gasteiger charge is -2.08. The van der Waals surface area contributed by atoms with E-state index in [9.17, 15) is 19.7 Å². The summed E-state index contributed by atoms with van der Waals surface area (Å²) in [6.07, 6.45) is -0.241. The van der Waals surface area contributed by atoms with E-state index < -0.39 is 29.0 Å². The molecule has 1 aliphatic heterocycles. The average Bonchev–Trinajstić information content (AvgIpc) is 3.10. The van der Waals surface area contributed by atoms with Gasteiger partial charge in [-0.15, -0.1) is 0 Å². The number of carbonyl (C=O) groups excluding carboxylic acids is 2. The molecular weight excluding hydrogens is 314 g/mol. The number of cyclic esters (lactones) is 1. The SMILES string of the molecule is COCC(=O)OCC1CN(N=Cc2ccc([N+](=O)[O-])o2)C(=O)O1. The summed E-state index contributed by atoms with van der Waals surface area (Å²) in [4.78, 5) is 32.5. The van der Waals surface area contributed by atoms with E-state index in [2.05, 4.69) is 9.84 Å². The largest absolute Gasteiger partial charge is 0.460 e. The van der Waals surface area contributed by atoms with E-state index in [4.69, 9.17) is 13.9 Å². The topological polar surface area (TPSA) is 134 Å². The Morgan fingerprint density at radius 1 is 1.61 bits per heavy atom. The molecule has 1 aromatic rings. The van der Waals surface area contributed by atoms with Crippen molar-refractivity contribution in [2.24, 2.45) is 5.10 Å². The van der Waals surface area contributed by atoms with Crippen LogP contribution >= 0.6 is 0 Å². The van der Waals surface area contributed by atoms with Crippen molar-refractivity contribution in [2.75, 3.05) is 26.9 Å². The lowest BCUT2D eigenvalue weighted by Crippen LogP contribution is -2.24. The lowest BCUT2D eigenvalue weighted by molar-refractivity contribution is -0.402. The highest BCUT2D eigenvalue weighted by atomic mass is 16.6. The maximum Gasteiger partial charge on any atom is 0.433 e. The van der Waals surface area contributed by atoms with Gasteiger partial charge in [-0.05, 0) is 6.07 Å². The zero-order valence-electron chi connectivity index (χ0n) is 12.0. The maximum atomic E-state index is 11.6. The second kappa shape index (κ2) is 7.35. The second-order valence-corrected chi connectivity index (χ2v) is 4.38. The van der Waals surface area contributed by atoms with Gasteiger partial charge >= 0.3 is 17.9 Å². The minimum Gasteiger partial charge on any atom is -0.460 e. The van der Waals surface area contributed by atoms with Crippen LogP contribution in [0, 0.1) is 10.1 Å². The Labute approximate surface area is 129 Å². The van der Waals surface area contributed by atoms with Crippen LogP contribution in [-0.4, -0.2) is 61.2 Å². The van der Waals surface area contributed by atoms with E-state index in [1.807, 2.05) is 0 Å². The molecule has 1 aliphatic rings. The molecule has 2 heterocycles. The fourth-order valence-electron chi connectivity index (χ4n) is 1.67. The molecule has 1 aromatic heterocycles. The molecule has 1 atom stereocenters. The molecule has 0 spiro atoms. The Morgan fingerprint density at radius 3 is 3.04 bits per heavy atom. The Hall–Kier alpha value is -2.95. The summed E-state index contributed by atoms with van der Waals surface area (Å²) in [5.74, 6) is -0.897. The van der Waals surface area contributed by atoms with Crippen LogP contribution in [0.25, 0.3) is 0 Å². The summed E-state index contributed by atoms with van der Waals surface area (Å²) in [6, 6.07) is 2.51. The third-order valence-corrected chi connectivity index (χ3v) is 2.66. The van der Waals surface area contributed by atoms with E-state index in [-0.39, 0.29) is 25.5 Å². The van der Waals surface area contributed by atoms with Gasteiger partial charge in [0.25, 0.3) is 0 Å². The first-order chi connectivity index (χ1) is 11.0. The van der Waals surface area contributed by atoms with Gasteiger partial charge in [-0.2, -0.15) is 10.1 Å². The fourth-order valence-corrected chi connectivity index (χ4v) is 1.67. The smallest absolute Gasteiger partial charge is 0.433 e. The summed E-state index contributed by atoms with van der Waals surface area (Å²) in [5, 5.41) is 15.3. The Bertz CT molecular complexity index is 626. The Morgan fingerprint density at radius 2 is 2.39 bits per heavy atom. The number of nitro groups is 1. The first-order valence-corrected chi connectivity index (χ1v) is 6.40. The first kappa shape index (κ1) is 16.4. The van der Waals surface area contributed by atoms with E-state index in [0.717, 1.165) is 11.2 Å². The standard InChI is InChI=1S/C12H13N3O8/c1-20-7-11(16)21-6-9-5-14(12(17)23-9)13-4-8-2-3-10(22-8)15(18)19/h2-4,9H,5-7H2,1H3. The molecule has 1 fully saturated rings. The number of hydrogen-bond acceptors (Lipinski definition) is 9. The maximum absolute atomic E-state index is 11.6. The van der Waals surface area contributed by atoms with E-state index in [0.29, 0.717) is 0 Å². The lowest BCUT2D eigenvalue weighted by atomic mass is 10.4. The highest BCUT2D eigenvalue weighted by Crippen LogP contribution is 2.15. The molecule has 0 radical (unpaired) electrons. The number of rotatable bonds is 7. The Kier molecular flexibility index (Phi) is 5.25. The van der Waals surface area contributed by atoms with Crippen molar-refractivity contribution in [3.63, 3.8) is 0 Å². The number of hydrazone groups is 1. The van der Waals surface area contributed by atoms with Gasteiger partial charge in [0, 0.05) is 7.11 Å². The molecule has 124 valence electrons. The van der Waals surface area contributed by atoms with Crippen molar-refractivity contribution in [3.8, 4) is 0 Å². The number of methoxy groups -OCH3 is 1. The minimum atomic E-state index is -0.727. The van der Waals surface area contributed by atoms with Gasteiger partial charge < -0.3 is 18.6 Å². The minimum absolute atomic E-state index is 0.0679. The number of ether oxygens (including phenoxy) is 3. The number of furan rings is 1. The van der Waals surface area contributed by atoms with Crippen LogP contribution in [-0.2, 0) is 19.0 Å². The van der Waals surface area contributed by atoms with Gasteiger partial charge in [0.05, 0.1) is 18.8 Å². The predicted molar refractivity (Wildman–Crippen MR) is 72.8 cm³/mol. The molecule has 11 heteroatoms. The van der Waals surface area contributed by atoms with E-state index in [1.165, 1.54) is 19.2 Å². The first-order valence-electron chi connectivity index (χ1n) is 6.40. The normalized spacial score (nSPS) is 17.5. The summed E-state index contributed by atoms with van der Waals surface area (Å²) in [7, 11) is 1.35. The third-order valence-electron chi connectivity index (χ3n) is 2.66. The molecule has 0 saturated carbocycles. The van der Waals surface area contributed by atoms with Crippen molar-refractivity contribution < 1.29 is 33.1 Å². The average molecular weight is 327 g/mol. The zero-order chi connectivity index (χ0) is 16.8. The summed E-state index contributed by atoms with van der Waals surface area (Å²) in [5.41, 5.74) is 0. The summed E-state index contributed by atoms with van der Waals surface area (Å²) >= 11 is 0. The molecular formula is C12H13N3O8. The van der Waals surface area contributed by atoms with Crippen LogP contribution in [0.3, 0.4) is 0 Å². The molecule has 1 unspecified atom stereocenters. The van der Waals surface area contributed by atoms with Crippen LogP contribution in [0.15, 0.2) is 21.7 Å². The number of amides is 1. The van der Waals surface area contributed by atoms with Gasteiger partial charge in [0.2, 0.25) is 0 Å². The zero-order valence-corrected chi connectivity index (χ0v) is 12.0. The van der Waals surface area contributed by atoms with Crippen LogP contribution in [0.1, 0.15) is 5.76 Å². The molecule has 0 aliphatic carbocycles. The van der Waals surface area contributed by atoms with Crippen LogP contribution in [0.5, 0.6) is 0 Å². The van der Waals surface area contributed by atoms with Crippen molar-refractivity contribution in [2.45, 2.75) is 6.10 Å². The van der Waals surface area contributed by atoms with Crippen molar-refractivity contribution in [3.05, 3.63) is 28.0 Å². The molecule has 0 aromatic carbocycles. The molecule has 1 saturated heterocycles. The molecule has 0 N–H and O–H groups in total. The number of nitrogens with zero attached hydrogens (tertiary/aromatic N) is 3. The molecule has 1 amide bonds. The highest BCUT2D eigenvalue weighted by Gasteiger charge is 2.32. The quantitative estimate of drug-likeness (QED) is 0.306. The fraction of sp³-hybridized carbons (Fsp3) is 0.417. The summed E-state index contributed by atoms with van der Waals surface area (Å²) in [6.45, 7) is -0.246. The van der Waals surface area contributed by atoms with E-state index in [1.54, 1.807) is 0 Å². The molecule has 2 rings (SSSR count). The van der Waals surface area contributed by atoms with Gasteiger partial charge in [0.15, 0.2) is 11.9 Å². The van der Waals surface area contributed by atoms with Crippen LogP contribution < -0.4 is 0 Å². The van der Waals surface area contributed by atoms with Crippen molar-refractivity contribution in [1.82, 2.24) is 5.01 Å². The monoisotopic (exact) mass is 327 g/mol. The van der Waals surface area contributed by atoms with Crippen LogP contribution in [0.2, 0.25) is 0 Å². The van der Waals surface area contributed by atoms with Crippen molar-refractivity contribution >= 4 is 24.2 Å². The van der Waals surface area contributed by atoms with Gasteiger partial charge in [-0.1, -0.05) is 0 Å². The Balaban J connectivity index is 1.86. The van der Waals surface area contributed by atoms with Gasteiger partial charge in [0.1, 0.15) is 18.1 Å². The number of carbonyl (C=O) groups is 2.